The fraction of sp³-hybridized carbons (Fsp3) is 0.167. The molecular formula is C24H18. The fourth-order valence-electron chi connectivity index (χ4n) is 5.05. The molecule has 0 saturated heterocycles. The molecule has 2 aromatic carbocycles. The molecule has 24 heavy (non-hydrogen) atoms. The van der Waals surface area contributed by atoms with E-state index in [1.165, 1.54) is 33.4 Å². The van der Waals surface area contributed by atoms with Crippen LogP contribution in [0.2, 0.25) is 0 Å². The van der Waals surface area contributed by atoms with Gasteiger partial charge >= 0.3 is 0 Å². The van der Waals surface area contributed by atoms with Crippen molar-refractivity contribution in [3.8, 4) is 0 Å². The maximum Gasteiger partial charge on any atom is 0.0273 e. The molecule has 0 aliphatic heterocycles. The number of fused-ring (bicyclic) bond motifs is 1. The maximum absolute atomic E-state index is 2.51. The lowest BCUT2D eigenvalue weighted by Gasteiger charge is -2.40. The lowest BCUT2D eigenvalue weighted by atomic mass is 9.64. The van der Waals surface area contributed by atoms with E-state index in [1.54, 1.807) is 0 Å². The first kappa shape index (κ1) is 12.8. The Morgan fingerprint density at radius 2 is 0.875 bits per heavy atom. The molecule has 0 radical (unpaired) electrons. The zero-order valence-electron chi connectivity index (χ0n) is 13.4. The molecule has 6 aliphatic rings. The van der Waals surface area contributed by atoms with Crippen molar-refractivity contribution in [2.75, 3.05) is 0 Å². The fourth-order valence-corrected chi connectivity index (χ4v) is 5.05. The molecule has 4 atom stereocenters. The number of hydrogen-bond acceptors (Lipinski definition) is 0. The Morgan fingerprint density at radius 1 is 0.458 bits per heavy atom. The van der Waals surface area contributed by atoms with Crippen molar-refractivity contribution in [2.24, 2.45) is 0 Å². The largest absolute Gasteiger partial charge is 0.0763 e. The van der Waals surface area contributed by atoms with Crippen LogP contribution in [0.3, 0.4) is 0 Å². The summed E-state index contributed by atoms with van der Waals surface area (Å²) in [7, 11) is 0. The van der Waals surface area contributed by atoms with Gasteiger partial charge in [0, 0.05) is 23.7 Å². The topological polar surface area (TPSA) is 0 Å². The summed E-state index contributed by atoms with van der Waals surface area (Å²) < 4.78 is 0. The second kappa shape index (κ2) is 4.48. The molecule has 0 nitrogen and oxygen atoms in total. The van der Waals surface area contributed by atoms with E-state index in [0.717, 1.165) is 0 Å². The predicted molar refractivity (Wildman–Crippen MR) is 98.3 cm³/mol. The van der Waals surface area contributed by atoms with Crippen molar-refractivity contribution in [3.05, 3.63) is 118 Å². The minimum atomic E-state index is 0.428. The minimum Gasteiger partial charge on any atom is -0.0763 e. The zero-order chi connectivity index (χ0) is 15.7. The first-order chi connectivity index (χ1) is 11.9. The van der Waals surface area contributed by atoms with E-state index in [9.17, 15) is 0 Å². The van der Waals surface area contributed by atoms with Gasteiger partial charge in [-0.3, -0.25) is 0 Å². The van der Waals surface area contributed by atoms with Gasteiger partial charge in [0.15, 0.2) is 0 Å². The Morgan fingerprint density at radius 3 is 1.33 bits per heavy atom. The van der Waals surface area contributed by atoms with Crippen LogP contribution in [0.4, 0.5) is 0 Å². The molecule has 0 saturated carbocycles. The summed E-state index contributed by atoms with van der Waals surface area (Å²) in [5, 5.41) is 0. The van der Waals surface area contributed by atoms with Crippen LogP contribution in [0, 0.1) is 0 Å². The lowest BCUT2D eigenvalue weighted by molar-refractivity contribution is 0.771. The Labute approximate surface area is 142 Å². The third-order valence-corrected chi connectivity index (χ3v) is 6.12. The standard InChI is InChI=1S/C24H18/c1-3-7-19-17(5-1)15-9-11-21(19)23(13-15)24-14-16-10-12-22(24)20-8-4-2-6-18(16)20/h1-16,21-22H/t15-,16-,21-,22-/m1/s1. The van der Waals surface area contributed by atoms with E-state index in [2.05, 4.69) is 85.0 Å². The summed E-state index contributed by atoms with van der Waals surface area (Å²) in [6.45, 7) is 0. The molecular weight excluding hydrogens is 288 g/mol. The smallest absolute Gasteiger partial charge is 0.0273 e. The summed E-state index contributed by atoms with van der Waals surface area (Å²) in [4.78, 5) is 0. The molecule has 0 fully saturated rings. The summed E-state index contributed by atoms with van der Waals surface area (Å²) in [6, 6.07) is 17.9. The highest BCUT2D eigenvalue weighted by Crippen LogP contribution is 2.53. The van der Waals surface area contributed by atoms with Crippen molar-refractivity contribution < 1.29 is 0 Å². The van der Waals surface area contributed by atoms with E-state index in [0.29, 0.717) is 23.7 Å². The number of rotatable bonds is 1. The second-order valence-corrected chi connectivity index (χ2v) is 7.28. The average Bonchev–Trinajstić information content (AvgIpc) is 2.69. The quantitative estimate of drug-likeness (QED) is 0.589. The Balaban J connectivity index is 1.49. The normalized spacial score (nSPS) is 30.7. The summed E-state index contributed by atoms with van der Waals surface area (Å²) in [5.74, 6) is 1.75. The van der Waals surface area contributed by atoms with Gasteiger partial charge in [-0.15, -0.1) is 0 Å². The van der Waals surface area contributed by atoms with Crippen molar-refractivity contribution in [1.29, 1.82) is 0 Å². The maximum atomic E-state index is 2.51. The van der Waals surface area contributed by atoms with Crippen molar-refractivity contribution in [2.45, 2.75) is 23.7 Å². The van der Waals surface area contributed by atoms with Crippen LogP contribution in [0.15, 0.2) is 96.1 Å². The Bertz CT molecular complexity index is 901. The van der Waals surface area contributed by atoms with Crippen LogP contribution in [0.1, 0.15) is 45.9 Å². The third-order valence-electron chi connectivity index (χ3n) is 6.12. The van der Waals surface area contributed by atoms with E-state index in [4.69, 9.17) is 0 Å². The number of benzene rings is 2. The van der Waals surface area contributed by atoms with E-state index in [-0.39, 0.29) is 0 Å². The summed E-state index contributed by atoms with van der Waals surface area (Å²) in [6.07, 6.45) is 14.6. The van der Waals surface area contributed by atoms with E-state index < -0.39 is 0 Å². The van der Waals surface area contributed by atoms with Crippen molar-refractivity contribution in [3.63, 3.8) is 0 Å². The van der Waals surface area contributed by atoms with Gasteiger partial charge in [0.05, 0.1) is 0 Å². The van der Waals surface area contributed by atoms with Crippen LogP contribution >= 0.6 is 0 Å². The minimum absolute atomic E-state index is 0.428. The molecule has 8 rings (SSSR count). The van der Waals surface area contributed by atoms with Crippen LogP contribution in [-0.2, 0) is 0 Å². The molecule has 0 heterocycles. The second-order valence-electron chi connectivity index (χ2n) is 7.28. The average molecular weight is 306 g/mol. The predicted octanol–water partition coefficient (Wildman–Crippen LogP) is 5.74. The zero-order valence-corrected chi connectivity index (χ0v) is 13.4. The molecule has 0 aromatic heterocycles. The van der Waals surface area contributed by atoms with Gasteiger partial charge in [-0.2, -0.15) is 0 Å². The Kier molecular flexibility index (Phi) is 2.38. The summed E-state index contributed by atoms with van der Waals surface area (Å²) in [5.41, 5.74) is 9.06. The molecule has 0 N–H and O–H groups in total. The van der Waals surface area contributed by atoms with Gasteiger partial charge in [0.1, 0.15) is 0 Å². The monoisotopic (exact) mass is 306 g/mol. The van der Waals surface area contributed by atoms with Gasteiger partial charge < -0.3 is 0 Å². The molecule has 6 aliphatic carbocycles. The summed E-state index contributed by atoms with van der Waals surface area (Å²) >= 11 is 0. The molecule has 4 bridgehead atoms. The number of allylic oxidation sites excluding steroid dienone is 8. The first-order valence-corrected chi connectivity index (χ1v) is 8.88. The van der Waals surface area contributed by atoms with Crippen LogP contribution < -0.4 is 0 Å². The van der Waals surface area contributed by atoms with Gasteiger partial charge in [-0.05, 0) is 33.4 Å². The van der Waals surface area contributed by atoms with Crippen LogP contribution in [0.5, 0.6) is 0 Å². The molecule has 2 aromatic rings. The van der Waals surface area contributed by atoms with E-state index >= 15 is 0 Å². The highest BCUT2D eigenvalue weighted by Gasteiger charge is 2.37. The van der Waals surface area contributed by atoms with Crippen LogP contribution in [0.25, 0.3) is 0 Å². The van der Waals surface area contributed by atoms with Crippen molar-refractivity contribution >= 4 is 0 Å². The van der Waals surface area contributed by atoms with Gasteiger partial charge in [0.2, 0.25) is 0 Å². The molecule has 0 spiro atoms. The molecule has 0 unspecified atom stereocenters. The molecule has 114 valence electrons. The highest BCUT2D eigenvalue weighted by atomic mass is 14.4. The van der Waals surface area contributed by atoms with E-state index in [1.807, 2.05) is 0 Å². The van der Waals surface area contributed by atoms with Crippen LogP contribution in [-0.4, -0.2) is 0 Å². The highest BCUT2D eigenvalue weighted by molar-refractivity contribution is 5.65. The SMILES string of the molecule is C1=C[C@H]2C(C3=C[C@H]4C=C[C@@H]3c3ccccc34)=C[C@@H]1c1ccccc12. The van der Waals surface area contributed by atoms with Gasteiger partial charge in [-0.25, -0.2) is 0 Å². The number of hydrogen-bond donors (Lipinski definition) is 0. The lowest BCUT2D eigenvalue weighted by Crippen LogP contribution is -2.24. The van der Waals surface area contributed by atoms with Crippen molar-refractivity contribution in [1.82, 2.24) is 0 Å². The van der Waals surface area contributed by atoms with Gasteiger partial charge in [0.25, 0.3) is 0 Å². The third kappa shape index (κ3) is 1.54. The Hall–Kier alpha value is -2.60. The molecule has 0 heteroatoms. The van der Waals surface area contributed by atoms with Gasteiger partial charge in [-0.1, -0.05) is 85.0 Å². The molecule has 0 amide bonds. The first-order valence-electron chi connectivity index (χ1n) is 8.88.